The molecule has 1 saturated heterocycles. The zero-order valence-corrected chi connectivity index (χ0v) is 9.52. The Morgan fingerprint density at radius 3 is 3.19 bits per heavy atom. The van der Waals surface area contributed by atoms with E-state index in [2.05, 4.69) is 11.9 Å². The summed E-state index contributed by atoms with van der Waals surface area (Å²) >= 11 is 0. The Labute approximate surface area is 95.4 Å². The molecule has 2 heterocycles. The van der Waals surface area contributed by atoms with Crippen molar-refractivity contribution in [2.45, 2.75) is 37.9 Å². The zero-order chi connectivity index (χ0) is 11.6. The summed E-state index contributed by atoms with van der Waals surface area (Å²) in [5.41, 5.74) is 5.67. The molecular weight excluding hydrogens is 204 g/mol. The monoisotopic (exact) mass is 222 g/mol. The molecule has 1 aromatic rings. The molecule has 0 aromatic carbocycles. The SMILES string of the molecule is CCC1CC(O)(c2cccnc2N)CCO1. The average Bonchev–Trinajstić information content (AvgIpc) is 2.29. The quantitative estimate of drug-likeness (QED) is 0.794. The highest BCUT2D eigenvalue weighted by atomic mass is 16.5. The van der Waals surface area contributed by atoms with Crippen molar-refractivity contribution >= 4 is 5.82 Å². The van der Waals surface area contributed by atoms with Crippen LogP contribution in [0.2, 0.25) is 0 Å². The maximum Gasteiger partial charge on any atom is 0.129 e. The Balaban J connectivity index is 2.27. The van der Waals surface area contributed by atoms with Gasteiger partial charge in [-0.1, -0.05) is 13.0 Å². The Hall–Kier alpha value is -1.13. The second kappa shape index (κ2) is 4.39. The molecule has 1 fully saturated rings. The van der Waals surface area contributed by atoms with Crippen molar-refractivity contribution in [3.63, 3.8) is 0 Å². The number of hydrogen-bond donors (Lipinski definition) is 2. The van der Waals surface area contributed by atoms with Crippen molar-refractivity contribution in [2.24, 2.45) is 0 Å². The van der Waals surface area contributed by atoms with Crippen LogP contribution in [0.15, 0.2) is 18.3 Å². The summed E-state index contributed by atoms with van der Waals surface area (Å²) in [6.45, 7) is 2.63. The summed E-state index contributed by atoms with van der Waals surface area (Å²) in [5, 5.41) is 10.6. The molecule has 1 aromatic heterocycles. The van der Waals surface area contributed by atoms with Gasteiger partial charge >= 0.3 is 0 Å². The molecule has 0 saturated carbocycles. The van der Waals surface area contributed by atoms with E-state index in [-0.39, 0.29) is 6.10 Å². The van der Waals surface area contributed by atoms with Gasteiger partial charge in [0.1, 0.15) is 5.82 Å². The number of hydrogen-bond acceptors (Lipinski definition) is 4. The highest BCUT2D eigenvalue weighted by Gasteiger charge is 2.37. The van der Waals surface area contributed by atoms with Crippen LogP contribution in [0.5, 0.6) is 0 Å². The predicted molar refractivity (Wildman–Crippen MR) is 61.8 cm³/mol. The van der Waals surface area contributed by atoms with E-state index < -0.39 is 5.60 Å². The molecule has 0 spiro atoms. The van der Waals surface area contributed by atoms with Gasteiger partial charge in [0.05, 0.1) is 18.3 Å². The van der Waals surface area contributed by atoms with Crippen LogP contribution in [-0.4, -0.2) is 22.8 Å². The topological polar surface area (TPSA) is 68.4 Å². The van der Waals surface area contributed by atoms with E-state index in [1.54, 1.807) is 12.3 Å². The molecule has 2 rings (SSSR count). The number of nitrogen functional groups attached to an aromatic ring is 1. The minimum absolute atomic E-state index is 0.110. The normalized spacial score (nSPS) is 30.2. The van der Waals surface area contributed by atoms with Crippen LogP contribution in [0.4, 0.5) is 5.82 Å². The summed E-state index contributed by atoms with van der Waals surface area (Å²) in [4.78, 5) is 4.03. The van der Waals surface area contributed by atoms with Gasteiger partial charge in [-0.2, -0.15) is 0 Å². The van der Waals surface area contributed by atoms with E-state index in [1.165, 1.54) is 0 Å². The van der Waals surface area contributed by atoms with Crippen LogP contribution < -0.4 is 5.73 Å². The van der Waals surface area contributed by atoms with Crippen LogP contribution in [0.1, 0.15) is 31.7 Å². The van der Waals surface area contributed by atoms with Crippen LogP contribution in [-0.2, 0) is 10.3 Å². The Kier molecular flexibility index (Phi) is 3.12. The summed E-state index contributed by atoms with van der Waals surface area (Å²) in [7, 11) is 0. The molecule has 16 heavy (non-hydrogen) atoms. The first kappa shape index (κ1) is 11.4. The van der Waals surface area contributed by atoms with E-state index in [4.69, 9.17) is 10.5 Å². The number of rotatable bonds is 2. The maximum absolute atomic E-state index is 10.6. The lowest BCUT2D eigenvalue weighted by molar-refractivity contribution is -0.108. The second-order valence-corrected chi connectivity index (χ2v) is 4.32. The van der Waals surface area contributed by atoms with Crippen molar-refractivity contribution in [2.75, 3.05) is 12.3 Å². The third-order valence-electron chi connectivity index (χ3n) is 3.23. The maximum atomic E-state index is 10.6. The minimum atomic E-state index is -0.878. The molecule has 3 N–H and O–H groups in total. The van der Waals surface area contributed by atoms with Crippen molar-refractivity contribution in [3.8, 4) is 0 Å². The summed E-state index contributed by atoms with van der Waals surface area (Å²) < 4.78 is 5.56. The molecule has 4 heteroatoms. The first-order valence-electron chi connectivity index (χ1n) is 5.70. The average molecular weight is 222 g/mol. The molecule has 2 unspecified atom stereocenters. The Morgan fingerprint density at radius 1 is 1.69 bits per heavy atom. The van der Waals surface area contributed by atoms with Gasteiger partial charge in [-0.05, 0) is 12.5 Å². The van der Waals surface area contributed by atoms with Gasteiger partial charge in [-0.3, -0.25) is 0 Å². The molecule has 2 atom stereocenters. The first-order valence-corrected chi connectivity index (χ1v) is 5.70. The smallest absolute Gasteiger partial charge is 0.129 e. The van der Waals surface area contributed by atoms with Gasteiger partial charge < -0.3 is 15.6 Å². The lowest BCUT2D eigenvalue weighted by Gasteiger charge is -2.37. The van der Waals surface area contributed by atoms with Gasteiger partial charge in [0, 0.05) is 24.6 Å². The summed E-state index contributed by atoms with van der Waals surface area (Å²) in [5.74, 6) is 0.418. The van der Waals surface area contributed by atoms with Crippen LogP contribution in [0, 0.1) is 0 Å². The summed E-state index contributed by atoms with van der Waals surface area (Å²) in [6, 6.07) is 3.65. The number of nitrogens with zero attached hydrogens (tertiary/aromatic N) is 1. The fourth-order valence-corrected chi connectivity index (χ4v) is 2.25. The van der Waals surface area contributed by atoms with E-state index in [0.29, 0.717) is 25.3 Å². The molecular formula is C12H18N2O2. The van der Waals surface area contributed by atoms with Crippen molar-refractivity contribution in [1.29, 1.82) is 0 Å². The van der Waals surface area contributed by atoms with E-state index >= 15 is 0 Å². The Bertz CT molecular complexity index is 370. The minimum Gasteiger partial charge on any atom is -0.385 e. The highest BCUT2D eigenvalue weighted by Crippen LogP contribution is 2.37. The third-order valence-corrected chi connectivity index (χ3v) is 3.23. The standard InChI is InChI=1S/C12H18N2O2/c1-2-9-8-12(15,5-7-16-9)10-4-3-6-14-11(10)13/h3-4,6,9,15H,2,5,7-8H2,1H3,(H2,13,14). The molecule has 0 bridgehead atoms. The highest BCUT2D eigenvalue weighted by molar-refractivity contribution is 5.43. The number of nitrogens with two attached hydrogens (primary N) is 1. The van der Waals surface area contributed by atoms with E-state index in [1.807, 2.05) is 6.07 Å². The van der Waals surface area contributed by atoms with Crippen LogP contribution >= 0.6 is 0 Å². The van der Waals surface area contributed by atoms with Crippen molar-refractivity contribution in [1.82, 2.24) is 4.98 Å². The van der Waals surface area contributed by atoms with Gasteiger partial charge in [0.15, 0.2) is 0 Å². The molecule has 4 nitrogen and oxygen atoms in total. The largest absolute Gasteiger partial charge is 0.385 e. The van der Waals surface area contributed by atoms with Crippen molar-refractivity contribution < 1.29 is 9.84 Å². The van der Waals surface area contributed by atoms with Gasteiger partial charge in [0.2, 0.25) is 0 Å². The first-order chi connectivity index (χ1) is 7.65. The number of aromatic nitrogens is 1. The molecule has 1 aliphatic rings. The van der Waals surface area contributed by atoms with Gasteiger partial charge in [-0.25, -0.2) is 4.98 Å². The second-order valence-electron chi connectivity index (χ2n) is 4.32. The number of ether oxygens (including phenoxy) is 1. The van der Waals surface area contributed by atoms with Crippen molar-refractivity contribution in [3.05, 3.63) is 23.9 Å². The number of aliphatic hydroxyl groups is 1. The third kappa shape index (κ3) is 2.03. The lowest BCUT2D eigenvalue weighted by atomic mass is 9.83. The number of pyridine rings is 1. The predicted octanol–water partition coefficient (Wildman–Crippen LogP) is 1.44. The molecule has 88 valence electrons. The van der Waals surface area contributed by atoms with E-state index in [9.17, 15) is 5.11 Å². The fraction of sp³-hybridized carbons (Fsp3) is 0.583. The molecule has 0 aliphatic carbocycles. The molecule has 1 aliphatic heterocycles. The van der Waals surface area contributed by atoms with Crippen LogP contribution in [0.3, 0.4) is 0 Å². The molecule has 0 radical (unpaired) electrons. The Morgan fingerprint density at radius 2 is 2.50 bits per heavy atom. The summed E-state index contributed by atoms with van der Waals surface area (Å²) in [6.07, 6.45) is 3.83. The molecule has 0 amide bonds. The number of anilines is 1. The van der Waals surface area contributed by atoms with Crippen LogP contribution in [0.25, 0.3) is 0 Å². The van der Waals surface area contributed by atoms with E-state index in [0.717, 1.165) is 12.0 Å². The van der Waals surface area contributed by atoms with Gasteiger partial charge in [-0.15, -0.1) is 0 Å². The van der Waals surface area contributed by atoms with Gasteiger partial charge in [0.25, 0.3) is 0 Å². The lowest BCUT2D eigenvalue weighted by Crippen LogP contribution is -2.39. The fourth-order valence-electron chi connectivity index (χ4n) is 2.25. The zero-order valence-electron chi connectivity index (χ0n) is 9.52.